The maximum atomic E-state index is 11.4. The third kappa shape index (κ3) is 3.68. The molecule has 122 valence electrons. The molecular weight excluding hydrogens is 308 g/mol. The molecule has 0 saturated carbocycles. The molecular formula is C18H22N2O2S. The van der Waals surface area contributed by atoms with Crippen LogP contribution in [0.25, 0.3) is 0 Å². The number of hydrogen-bond acceptors (Lipinski definition) is 5. The number of likely N-dealkylation sites (tertiary alicyclic amines) is 1. The molecule has 0 bridgehead atoms. The molecule has 23 heavy (non-hydrogen) atoms. The Kier molecular flexibility index (Phi) is 4.62. The number of aromatic nitrogens is 1. The van der Waals surface area contributed by atoms with E-state index in [9.17, 15) is 9.90 Å². The van der Waals surface area contributed by atoms with E-state index in [4.69, 9.17) is 0 Å². The van der Waals surface area contributed by atoms with E-state index in [1.54, 1.807) is 6.92 Å². The second-order valence-corrected chi connectivity index (χ2v) is 7.32. The van der Waals surface area contributed by atoms with Crippen molar-refractivity contribution in [1.29, 1.82) is 0 Å². The quantitative estimate of drug-likeness (QED) is 0.875. The predicted molar refractivity (Wildman–Crippen MR) is 91.7 cm³/mol. The van der Waals surface area contributed by atoms with Crippen molar-refractivity contribution in [2.45, 2.75) is 38.8 Å². The van der Waals surface area contributed by atoms with Gasteiger partial charge in [-0.15, -0.1) is 11.3 Å². The smallest absolute Gasteiger partial charge is 0.169 e. The highest BCUT2D eigenvalue weighted by molar-refractivity contribution is 7.12. The van der Waals surface area contributed by atoms with Crippen molar-refractivity contribution in [3.8, 4) is 0 Å². The first kappa shape index (κ1) is 16.3. The fraction of sp³-hybridized carbons (Fsp3) is 0.444. The Labute approximate surface area is 140 Å². The number of nitrogens with zero attached hydrogens (tertiary/aromatic N) is 2. The molecule has 2 aromatic rings. The third-order valence-electron chi connectivity index (χ3n) is 4.48. The van der Waals surface area contributed by atoms with Crippen molar-refractivity contribution in [2.24, 2.45) is 0 Å². The van der Waals surface area contributed by atoms with Crippen molar-refractivity contribution in [1.82, 2.24) is 9.88 Å². The largest absolute Gasteiger partial charge is 0.383 e. The van der Waals surface area contributed by atoms with Gasteiger partial charge in [0.1, 0.15) is 5.60 Å². The van der Waals surface area contributed by atoms with Gasteiger partial charge < -0.3 is 5.11 Å². The molecule has 4 nitrogen and oxygen atoms in total. The minimum atomic E-state index is -0.816. The molecule has 1 aliphatic heterocycles. The first-order valence-corrected chi connectivity index (χ1v) is 8.80. The monoisotopic (exact) mass is 330 g/mol. The van der Waals surface area contributed by atoms with Gasteiger partial charge in [-0.25, -0.2) is 0 Å². The number of carbonyl (C=O) groups excluding carboxylic acids is 1. The Morgan fingerprint density at radius 3 is 2.70 bits per heavy atom. The molecule has 0 aliphatic carbocycles. The summed E-state index contributed by atoms with van der Waals surface area (Å²) in [5.74, 6) is 0.125. The average Bonchev–Trinajstić information content (AvgIpc) is 2.99. The van der Waals surface area contributed by atoms with Gasteiger partial charge in [0, 0.05) is 25.8 Å². The maximum Gasteiger partial charge on any atom is 0.169 e. The number of Topliss-reactive ketones (excluding diaryl/α,β-unsaturated/α-hetero) is 1. The van der Waals surface area contributed by atoms with Gasteiger partial charge in [0.15, 0.2) is 5.78 Å². The molecule has 1 fully saturated rings. The van der Waals surface area contributed by atoms with Crippen LogP contribution in [-0.2, 0) is 12.1 Å². The number of hydrogen-bond donors (Lipinski definition) is 1. The van der Waals surface area contributed by atoms with Gasteiger partial charge in [0.05, 0.1) is 10.6 Å². The van der Waals surface area contributed by atoms with Gasteiger partial charge in [-0.1, -0.05) is 6.07 Å². The van der Waals surface area contributed by atoms with E-state index in [0.29, 0.717) is 12.8 Å². The lowest BCUT2D eigenvalue weighted by Gasteiger charge is -2.37. The van der Waals surface area contributed by atoms with E-state index in [1.165, 1.54) is 16.9 Å². The van der Waals surface area contributed by atoms with Gasteiger partial charge >= 0.3 is 0 Å². The summed E-state index contributed by atoms with van der Waals surface area (Å²) in [6, 6.07) is 5.92. The molecule has 3 rings (SSSR count). The van der Waals surface area contributed by atoms with Gasteiger partial charge in [0.2, 0.25) is 0 Å². The van der Waals surface area contributed by atoms with E-state index in [0.717, 1.165) is 35.8 Å². The summed E-state index contributed by atoms with van der Waals surface area (Å²) < 4.78 is 0. The van der Waals surface area contributed by atoms with Crippen LogP contribution < -0.4 is 0 Å². The summed E-state index contributed by atoms with van der Waals surface area (Å²) in [5, 5.41) is 12.9. The first-order chi connectivity index (χ1) is 11.0. The second kappa shape index (κ2) is 6.51. The molecule has 0 radical (unpaired) electrons. The molecule has 0 aromatic carbocycles. The Hall–Kier alpha value is -1.56. The number of thiophene rings is 1. The standard InChI is InChI=1S/C18H22N2O2S/c1-13-3-4-17(19-10-13)18(22)5-7-20(8-6-18)11-15-9-16(14(2)21)23-12-15/h3-4,9-10,12,22H,5-8,11H2,1-2H3. The van der Waals surface area contributed by atoms with Crippen molar-refractivity contribution < 1.29 is 9.90 Å². The molecule has 5 heteroatoms. The highest BCUT2D eigenvalue weighted by atomic mass is 32.1. The highest BCUT2D eigenvalue weighted by Gasteiger charge is 2.35. The van der Waals surface area contributed by atoms with Crippen molar-refractivity contribution in [2.75, 3.05) is 13.1 Å². The van der Waals surface area contributed by atoms with Gasteiger partial charge in [0.25, 0.3) is 0 Å². The summed E-state index contributed by atoms with van der Waals surface area (Å²) in [6.07, 6.45) is 3.19. The lowest BCUT2D eigenvalue weighted by atomic mass is 9.87. The second-order valence-electron chi connectivity index (χ2n) is 6.40. The van der Waals surface area contributed by atoms with Crippen LogP contribution in [0.3, 0.4) is 0 Å². The zero-order valence-corrected chi connectivity index (χ0v) is 14.4. The fourth-order valence-corrected chi connectivity index (χ4v) is 3.79. The van der Waals surface area contributed by atoms with Crippen LogP contribution in [0.4, 0.5) is 0 Å². The van der Waals surface area contributed by atoms with Crippen molar-refractivity contribution in [3.63, 3.8) is 0 Å². The van der Waals surface area contributed by atoms with Gasteiger partial charge in [-0.05, 0) is 55.3 Å². The lowest BCUT2D eigenvalue weighted by molar-refractivity contribution is -0.0310. The lowest BCUT2D eigenvalue weighted by Crippen LogP contribution is -2.42. The Bertz CT molecular complexity index is 685. The molecule has 0 spiro atoms. The van der Waals surface area contributed by atoms with Gasteiger partial charge in [-0.2, -0.15) is 0 Å². The number of carbonyl (C=O) groups is 1. The normalized spacial score (nSPS) is 18.0. The van der Waals surface area contributed by atoms with Crippen LogP contribution in [-0.4, -0.2) is 33.9 Å². The molecule has 3 heterocycles. The molecule has 1 N–H and O–H groups in total. The van der Waals surface area contributed by atoms with E-state index >= 15 is 0 Å². The van der Waals surface area contributed by atoms with Crippen LogP contribution in [0.2, 0.25) is 0 Å². The minimum absolute atomic E-state index is 0.125. The van der Waals surface area contributed by atoms with Crippen LogP contribution in [0.1, 0.15) is 46.3 Å². The highest BCUT2D eigenvalue weighted by Crippen LogP contribution is 2.32. The Morgan fingerprint density at radius 1 is 1.39 bits per heavy atom. The number of piperidine rings is 1. The number of pyridine rings is 1. The Morgan fingerprint density at radius 2 is 2.13 bits per heavy atom. The number of aryl methyl sites for hydroxylation is 1. The minimum Gasteiger partial charge on any atom is -0.383 e. The van der Waals surface area contributed by atoms with E-state index < -0.39 is 5.60 Å². The third-order valence-corrected chi connectivity index (χ3v) is 5.56. The average molecular weight is 330 g/mol. The molecule has 1 saturated heterocycles. The summed E-state index contributed by atoms with van der Waals surface area (Å²) in [6.45, 7) is 6.10. The van der Waals surface area contributed by atoms with E-state index in [-0.39, 0.29) is 5.78 Å². The first-order valence-electron chi connectivity index (χ1n) is 7.92. The molecule has 0 atom stereocenters. The summed E-state index contributed by atoms with van der Waals surface area (Å²) in [7, 11) is 0. The summed E-state index contributed by atoms with van der Waals surface area (Å²) in [4.78, 5) is 18.9. The van der Waals surface area contributed by atoms with Crippen LogP contribution in [0, 0.1) is 6.92 Å². The summed E-state index contributed by atoms with van der Waals surface area (Å²) >= 11 is 1.51. The topological polar surface area (TPSA) is 53.4 Å². The van der Waals surface area contributed by atoms with Crippen LogP contribution in [0.5, 0.6) is 0 Å². The predicted octanol–water partition coefficient (Wildman–Crippen LogP) is 3.14. The van der Waals surface area contributed by atoms with Crippen molar-refractivity contribution >= 4 is 17.1 Å². The van der Waals surface area contributed by atoms with Crippen LogP contribution >= 0.6 is 11.3 Å². The maximum absolute atomic E-state index is 11.4. The van der Waals surface area contributed by atoms with Crippen molar-refractivity contribution in [3.05, 3.63) is 51.5 Å². The van der Waals surface area contributed by atoms with Crippen LogP contribution in [0.15, 0.2) is 29.8 Å². The molecule has 1 aliphatic rings. The Balaban J connectivity index is 1.61. The molecule has 0 unspecified atom stereocenters. The number of ketones is 1. The van der Waals surface area contributed by atoms with E-state index in [2.05, 4.69) is 15.3 Å². The summed E-state index contributed by atoms with van der Waals surface area (Å²) in [5.41, 5.74) is 2.24. The fourth-order valence-electron chi connectivity index (χ4n) is 2.98. The van der Waals surface area contributed by atoms with Gasteiger partial charge in [-0.3, -0.25) is 14.7 Å². The molecule has 0 amide bonds. The number of rotatable bonds is 4. The molecule has 2 aromatic heterocycles. The van der Waals surface area contributed by atoms with E-state index in [1.807, 2.05) is 31.3 Å². The number of aliphatic hydroxyl groups is 1. The SMILES string of the molecule is CC(=O)c1cc(CN2CCC(O)(c3ccc(C)cn3)CC2)cs1. The zero-order chi connectivity index (χ0) is 16.4. The zero-order valence-electron chi connectivity index (χ0n) is 13.6.